The predicted molar refractivity (Wildman–Crippen MR) is 111 cm³/mol. The number of likely N-dealkylation sites (N-methyl/N-ethyl adjacent to an activating group) is 1. The van der Waals surface area contributed by atoms with Crippen molar-refractivity contribution >= 4 is 6.01 Å². The molecule has 1 aliphatic heterocycles. The van der Waals surface area contributed by atoms with Crippen molar-refractivity contribution in [1.82, 2.24) is 35.2 Å². The van der Waals surface area contributed by atoms with E-state index >= 15 is 0 Å². The van der Waals surface area contributed by atoms with Gasteiger partial charge in [-0.25, -0.2) is 9.07 Å². The van der Waals surface area contributed by atoms with Gasteiger partial charge in [0.1, 0.15) is 12.9 Å². The van der Waals surface area contributed by atoms with E-state index in [-0.39, 0.29) is 11.7 Å². The van der Waals surface area contributed by atoms with Crippen LogP contribution in [0.4, 0.5) is 10.4 Å². The fourth-order valence-corrected chi connectivity index (χ4v) is 3.60. The van der Waals surface area contributed by atoms with Crippen molar-refractivity contribution in [2.75, 3.05) is 38.2 Å². The second kappa shape index (κ2) is 9.38. The molecule has 11 heteroatoms. The number of piperidine rings is 1. The number of hydrogen-bond donors (Lipinski definition) is 0. The first-order chi connectivity index (χ1) is 15.0. The van der Waals surface area contributed by atoms with Gasteiger partial charge in [-0.2, -0.15) is 4.98 Å². The Balaban J connectivity index is 1.23. The third-order valence-corrected chi connectivity index (χ3v) is 5.54. The molecule has 3 aromatic rings. The lowest BCUT2D eigenvalue weighted by Crippen LogP contribution is -2.44. The van der Waals surface area contributed by atoms with Crippen LogP contribution in [0.25, 0.3) is 5.69 Å². The smallest absolute Gasteiger partial charge is 0.324 e. The second-order valence-corrected chi connectivity index (χ2v) is 8.01. The number of benzene rings is 1. The molecule has 0 aliphatic carbocycles. The summed E-state index contributed by atoms with van der Waals surface area (Å²) >= 11 is 0. The first kappa shape index (κ1) is 21.2. The summed E-state index contributed by atoms with van der Waals surface area (Å²) in [5.41, 5.74) is 0.542. The quantitative estimate of drug-likeness (QED) is 0.533. The maximum Gasteiger partial charge on any atom is 0.324 e. The summed E-state index contributed by atoms with van der Waals surface area (Å²) in [7, 11) is 2.07. The zero-order valence-electron chi connectivity index (χ0n) is 18.0. The number of anilines is 1. The highest BCUT2D eigenvalue weighted by molar-refractivity contribution is 5.37. The third kappa shape index (κ3) is 4.98. The molecule has 3 heterocycles. The highest BCUT2D eigenvalue weighted by Crippen LogP contribution is 2.23. The zero-order chi connectivity index (χ0) is 21.8. The lowest BCUT2D eigenvalue weighted by atomic mass is 10.0. The molecular weight excluding hydrogens is 403 g/mol. The summed E-state index contributed by atoms with van der Waals surface area (Å²) in [6.45, 7) is 6.93. The summed E-state index contributed by atoms with van der Waals surface area (Å²) in [6, 6.07) is 5.71. The van der Waals surface area contributed by atoms with Crippen LogP contribution in [-0.2, 0) is 0 Å². The minimum absolute atomic E-state index is 0.220. The Morgan fingerprint density at radius 3 is 2.74 bits per heavy atom. The predicted octanol–water partition coefficient (Wildman–Crippen LogP) is 2.29. The van der Waals surface area contributed by atoms with Gasteiger partial charge in [0, 0.05) is 37.7 Å². The van der Waals surface area contributed by atoms with E-state index < -0.39 is 5.82 Å². The van der Waals surface area contributed by atoms with E-state index in [9.17, 15) is 4.39 Å². The van der Waals surface area contributed by atoms with Gasteiger partial charge in [-0.3, -0.25) is 4.90 Å². The molecule has 0 atom stereocenters. The van der Waals surface area contributed by atoms with Crippen LogP contribution >= 0.6 is 0 Å². The number of nitrogens with zero attached hydrogens (tertiary/aromatic N) is 8. The summed E-state index contributed by atoms with van der Waals surface area (Å²) in [4.78, 5) is 8.89. The molecule has 0 amide bonds. The van der Waals surface area contributed by atoms with E-state index in [4.69, 9.17) is 9.26 Å². The molecule has 0 radical (unpaired) electrons. The Morgan fingerprint density at radius 2 is 2.10 bits per heavy atom. The lowest BCUT2D eigenvalue weighted by Gasteiger charge is -2.35. The molecule has 10 nitrogen and oxygen atoms in total. The number of aromatic nitrogens is 6. The van der Waals surface area contributed by atoms with Gasteiger partial charge >= 0.3 is 6.01 Å². The van der Waals surface area contributed by atoms with Crippen molar-refractivity contribution in [2.24, 2.45) is 0 Å². The summed E-state index contributed by atoms with van der Waals surface area (Å²) < 4.78 is 26.8. The highest BCUT2D eigenvalue weighted by Gasteiger charge is 2.25. The first-order valence-electron chi connectivity index (χ1n) is 10.5. The fraction of sp³-hybridized carbons (Fsp3) is 0.550. The van der Waals surface area contributed by atoms with E-state index in [2.05, 4.69) is 42.5 Å². The minimum atomic E-state index is -0.440. The molecule has 1 saturated heterocycles. The minimum Gasteiger partial charge on any atom is -0.489 e. The number of rotatable bonds is 8. The van der Waals surface area contributed by atoms with Crippen LogP contribution in [0, 0.1) is 5.82 Å². The van der Waals surface area contributed by atoms with Crippen LogP contribution in [0.2, 0.25) is 0 Å². The Bertz CT molecular complexity index is 969. The molecule has 1 fully saturated rings. The standard InChI is InChI=1S/C20H27FN8O2/c1-14(2)19-23-20(31-24-19)28-8-6-15(7-9-28)27(3)10-11-30-18-5-4-16(12-17(18)21)29-13-22-25-26-29/h4-5,12-15H,6-11H2,1-3H3. The summed E-state index contributed by atoms with van der Waals surface area (Å²) in [5, 5.41) is 14.9. The molecule has 0 unspecified atom stereocenters. The van der Waals surface area contributed by atoms with Crippen molar-refractivity contribution in [3.63, 3.8) is 0 Å². The van der Waals surface area contributed by atoms with Crippen LogP contribution in [0.15, 0.2) is 29.0 Å². The largest absolute Gasteiger partial charge is 0.489 e. The zero-order valence-corrected chi connectivity index (χ0v) is 18.0. The van der Waals surface area contributed by atoms with Crippen LogP contribution in [0.1, 0.15) is 38.4 Å². The topological polar surface area (TPSA) is 98.2 Å². The number of halogens is 1. The first-order valence-corrected chi connectivity index (χ1v) is 10.5. The molecule has 166 valence electrons. The van der Waals surface area contributed by atoms with Crippen molar-refractivity contribution in [3.05, 3.63) is 36.2 Å². The van der Waals surface area contributed by atoms with E-state index in [1.807, 2.05) is 13.8 Å². The molecule has 0 N–H and O–H groups in total. The van der Waals surface area contributed by atoms with Crippen LogP contribution < -0.4 is 9.64 Å². The molecule has 1 aliphatic rings. The van der Waals surface area contributed by atoms with Gasteiger partial charge in [0.05, 0.1) is 5.69 Å². The number of hydrogen-bond acceptors (Lipinski definition) is 9. The van der Waals surface area contributed by atoms with Gasteiger partial charge in [-0.05, 0) is 42.4 Å². The maximum absolute atomic E-state index is 14.3. The van der Waals surface area contributed by atoms with Crippen molar-refractivity contribution < 1.29 is 13.7 Å². The Morgan fingerprint density at radius 1 is 1.29 bits per heavy atom. The Kier molecular flexibility index (Phi) is 6.40. The van der Waals surface area contributed by atoms with Gasteiger partial charge in [0.25, 0.3) is 0 Å². The highest BCUT2D eigenvalue weighted by atomic mass is 19.1. The Hall–Kier alpha value is -3.08. The molecule has 1 aromatic carbocycles. The second-order valence-electron chi connectivity index (χ2n) is 8.01. The summed E-state index contributed by atoms with van der Waals surface area (Å²) in [5.74, 6) is 0.771. The fourth-order valence-electron chi connectivity index (χ4n) is 3.60. The maximum atomic E-state index is 14.3. The number of tetrazole rings is 1. The van der Waals surface area contributed by atoms with E-state index in [0.717, 1.165) is 31.8 Å². The molecule has 4 rings (SSSR count). The summed E-state index contributed by atoms with van der Waals surface area (Å²) in [6.07, 6.45) is 3.40. The normalized spacial score (nSPS) is 15.2. The van der Waals surface area contributed by atoms with Crippen LogP contribution in [0.5, 0.6) is 5.75 Å². The van der Waals surface area contributed by atoms with Crippen LogP contribution in [-0.4, -0.2) is 74.6 Å². The van der Waals surface area contributed by atoms with Gasteiger partial charge in [-0.15, -0.1) is 5.10 Å². The molecule has 0 bridgehead atoms. The monoisotopic (exact) mass is 430 g/mol. The SMILES string of the molecule is CC(C)c1noc(N2CCC(N(C)CCOc3ccc(-n4cnnn4)cc3F)CC2)n1. The number of ether oxygens (including phenoxy) is 1. The Labute approximate surface area is 180 Å². The van der Waals surface area contributed by atoms with Gasteiger partial charge in [0.15, 0.2) is 17.4 Å². The van der Waals surface area contributed by atoms with Crippen molar-refractivity contribution in [2.45, 2.75) is 38.6 Å². The van der Waals surface area contributed by atoms with Gasteiger partial charge in [0.2, 0.25) is 0 Å². The molecule has 0 spiro atoms. The molecule has 2 aromatic heterocycles. The van der Waals surface area contributed by atoms with Gasteiger partial charge < -0.3 is 14.2 Å². The molecular formula is C20H27FN8O2. The van der Waals surface area contributed by atoms with E-state index in [1.165, 1.54) is 17.1 Å². The van der Waals surface area contributed by atoms with Crippen molar-refractivity contribution in [1.29, 1.82) is 0 Å². The van der Waals surface area contributed by atoms with E-state index in [1.54, 1.807) is 12.1 Å². The van der Waals surface area contributed by atoms with Crippen molar-refractivity contribution in [3.8, 4) is 11.4 Å². The molecule has 31 heavy (non-hydrogen) atoms. The van der Waals surface area contributed by atoms with Gasteiger partial charge in [-0.1, -0.05) is 19.0 Å². The third-order valence-electron chi connectivity index (χ3n) is 5.54. The molecule has 0 saturated carbocycles. The lowest BCUT2D eigenvalue weighted by molar-refractivity contribution is 0.166. The van der Waals surface area contributed by atoms with E-state index in [0.29, 0.717) is 30.9 Å². The van der Waals surface area contributed by atoms with Crippen LogP contribution in [0.3, 0.4) is 0 Å². The average Bonchev–Trinajstić information content (AvgIpc) is 3.47. The average molecular weight is 430 g/mol.